The van der Waals surface area contributed by atoms with E-state index < -0.39 is 0 Å². The fourth-order valence-electron chi connectivity index (χ4n) is 4.27. The Kier molecular flexibility index (Phi) is 6.82. The summed E-state index contributed by atoms with van der Waals surface area (Å²) in [6, 6.07) is 10.1. The van der Waals surface area contributed by atoms with Crippen LogP contribution in [0, 0.1) is 5.92 Å². The Bertz CT molecular complexity index is 1500. The summed E-state index contributed by atoms with van der Waals surface area (Å²) >= 11 is 1.60. The van der Waals surface area contributed by atoms with Crippen LogP contribution in [-0.2, 0) is 7.05 Å². The number of anilines is 2. The molecule has 9 nitrogen and oxygen atoms in total. The van der Waals surface area contributed by atoms with Crippen molar-refractivity contribution in [1.82, 2.24) is 29.6 Å². The molecule has 2 aromatic carbocycles. The lowest BCUT2D eigenvalue weighted by atomic mass is 10.0. The number of aliphatic hydroxyl groups is 1. The topological polar surface area (TPSA) is 101 Å². The van der Waals surface area contributed by atoms with Crippen molar-refractivity contribution >= 4 is 44.0 Å². The molecule has 3 heterocycles. The van der Waals surface area contributed by atoms with Gasteiger partial charge in [0, 0.05) is 37.0 Å². The van der Waals surface area contributed by atoms with Crippen molar-refractivity contribution in [2.45, 2.75) is 13.0 Å². The number of aryl methyl sites for hydroxylation is 1. The lowest BCUT2D eigenvalue weighted by Gasteiger charge is -2.27. The zero-order valence-corrected chi connectivity index (χ0v) is 21.5. The summed E-state index contributed by atoms with van der Waals surface area (Å²) in [5.41, 5.74) is 6.38. The zero-order chi connectivity index (χ0) is 25.2. The maximum absolute atomic E-state index is 10.0. The number of rotatable bonds is 9. The molecule has 3 aromatic heterocycles. The molecule has 2 atom stereocenters. The SMILES string of the molecule is C[C@@H](Oc1cc(-c2cnn(C)c2)cc2ncnc(Nc3ccc4ncsc4c3)c12)C(CO)CN(C)C. The van der Waals surface area contributed by atoms with Crippen LogP contribution in [0.25, 0.3) is 32.2 Å². The number of fused-ring (bicyclic) bond motifs is 2. The molecule has 0 aliphatic carbocycles. The van der Waals surface area contributed by atoms with Gasteiger partial charge in [-0.25, -0.2) is 15.0 Å². The molecule has 0 bridgehead atoms. The third kappa shape index (κ3) is 5.01. The maximum atomic E-state index is 10.0. The van der Waals surface area contributed by atoms with Crippen LogP contribution >= 0.6 is 11.3 Å². The van der Waals surface area contributed by atoms with Gasteiger partial charge in [-0.2, -0.15) is 5.10 Å². The second-order valence-corrected chi connectivity index (χ2v) is 10.1. The largest absolute Gasteiger partial charge is 0.489 e. The van der Waals surface area contributed by atoms with E-state index >= 15 is 0 Å². The summed E-state index contributed by atoms with van der Waals surface area (Å²) in [7, 11) is 5.87. The van der Waals surface area contributed by atoms with Crippen LogP contribution in [0.3, 0.4) is 0 Å². The first-order chi connectivity index (χ1) is 17.4. The van der Waals surface area contributed by atoms with Gasteiger partial charge in [-0.15, -0.1) is 11.3 Å². The van der Waals surface area contributed by atoms with Crippen LogP contribution in [0.15, 0.2) is 54.6 Å². The van der Waals surface area contributed by atoms with Gasteiger partial charge in [-0.3, -0.25) is 4.68 Å². The third-order valence-corrected chi connectivity index (χ3v) is 6.94. The first-order valence-electron chi connectivity index (χ1n) is 11.7. The Morgan fingerprint density at radius 3 is 2.72 bits per heavy atom. The van der Waals surface area contributed by atoms with Gasteiger partial charge in [0.1, 0.15) is 24.0 Å². The molecule has 0 spiro atoms. The average molecular weight is 504 g/mol. The first-order valence-corrected chi connectivity index (χ1v) is 12.6. The lowest BCUT2D eigenvalue weighted by molar-refractivity contribution is 0.0819. The highest BCUT2D eigenvalue weighted by atomic mass is 32.1. The Hall–Kier alpha value is -3.60. The molecule has 0 radical (unpaired) electrons. The Morgan fingerprint density at radius 2 is 1.97 bits per heavy atom. The molecule has 2 N–H and O–H groups in total. The van der Waals surface area contributed by atoms with Gasteiger partial charge in [-0.1, -0.05) is 0 Å². The van der Waals surface area contributed by atoms with Gasteiger partial charge in [0.05, 0.1) is 39.4 Å². The fraction of sp³-hybridized carbons (Fsp3) is 0.308. The van der Waals surface area contributed by atoms with Gasteiger partial charge in [0.15, 0.2) is 0 Å². The van der Waals surface area contributed by atoms with Crippen molar-refractivity contribution in [2.24, 2.45) is 13.0 Å². The molecule has 0 saturated heterocycles. The highest BCUT2D eigenvalue weighted by molar-refractivity contribution is 7.16. The first kappa shape index (κ1) is 24.1. The molecule has 0 fully saturated rings. The van der Waals surface area contributed by atoms with Gasteiger partial charge in [-0.05, 0) is 56.9 Å². The second-order valence-electron chi connectivity index (χ2n) is 9.18. The quantitative estimate of drug-likeness (QED) is 0.307. The summed E-state index contributed by atoms with van der Waals surface area (Å²) in [4.78, 5) is 15.6. The molecule has 0 amide bonds. The van der Waals surface area contributed by atoms with Crippen molar-refractivity contribution in [3.05, 3.63) is 54.6 Å². The number of nitrogens with zero attached hydrogens (tertiary/aromatic N) is 6. The van der Waals surface area contributed by atoms with E-state index in [-0.39, 0.29) is 18.6 Å². The van der Waals surface area contributed by atoms with Crippen LogP contribution in [-0.4, -0.2) is 68.1 Å². The summed E-state index contributed by atoms with van der Waals surface area (Å²) in [6.07, 6.45) is 5.09. The van der Waals surface area contributed by atoms with E-state index in [4.69, 9.17) is 4.74 Å². The van der Waals surface area contributed by atoms with Gasteiger partial charge in [0.25, 0.3) is 0 Å². The minimum absolute atomic E-state index is 0.0239. The monoisotopic (exact) mass is 503 g/mol. The number of benzene rings is 2. The lowest BCUT2D eigenvalue weighted by Crippen LogP contribution is -2.35. The average Bonchev–Trinajstić information content (AvgIpc) is 3.50. The molecular formula is C26H29N7O2S. The molecule has 5 aromatic rings. The van der Waals surface area contributed by atoms with E-state index in [0.29, 0.717) is 18.1 Å². The van der Waals surface area contributed by atoms with E-state index in [2.05, 4.69) is 36.3 Å². The maximum Gasteiger partial charge on any atom is 0.145 e. The zero-order valence-electron chi connectivity index (χ0n) is 20.7. The van der Waals surface area contributed by atoms with Crippen LogP contribution in [0.2, 0.25) is 0 Å². The molecule has 0 saturated carbocycles. The van der Waals surface area contributed by atoms with Crippen molar-refractivity contribution in [3.8, 4) is 16.9 Å². The van der Waals surface area contributed by atoms with Gasteiger partial charge in [0.2, 0.25) is 0 Å². The van der Waals surface area contributed by atoms with Crippen molar-refractivity contribution in [3.63, 3.8) is 0 Å². The van der Waals surface area contributed by atoms with Crippen LogP contribution in [0.1, 0.15) is 6.92 Å². The molecule has 0 aliphatic heterocycles. The Morgan fingerprint density at radius 1 is 1.11 bits per heavy atom. The fourth-order valence-corrected chi connectivity index (χ4v) is 4.98. The number of aromatic nitrogens is 5. The van der Waals surface area contributed by atoms with E-state index in [0.717, 1.165) is 37.9 Å². The number of thiazole rings is 1. The normalized spacial score (nSPS) is 13.4. The smallest absolute Gasteiger partial charge is 0.145 e. The van der Waals surface area contributed by atoms with Crippen molar-refractivity contribution in [2.75, 3.05) is 32.6 Å². The molecule has 0 aliphatic rings. The van der Waals surface area contributed by atoms with Crippen LogP contribution < -0.4 is 10.1 Å². The van der Waals surface area contributed by atoms with Crippen molar-refractivity contribution < 1.29 is 9.84 Å². The molecular weight excluding hydrogens is 474 g/mol. The van der Waals surface area contributed by atoms with Crippen molar-refractivity contribution in [1.29, 1.82) is 0 Å². The molecule has 5 rings (SSSR count). The molecule has 10 heteroatoms. The van der Waals surface area contributed by atoms with Crippen LogP contribution in [0.4, 0.5) is 11.5 Å². The minimum atomic E-state index is -0.244. The number of hydrogen-bond acceptors (Lipinski definition) is 9. The predicted octanol–water partition coefficient (Wildman–Crippen LogP) is 4.32. The summed E-state index contributed by atoms with van der Waals surface area (Å²) in [5, 5.41) is 18.6. The Labute approximate surface area is 213 Å². The number of nitrogens with one attached hydrogen (secondary N) is 1. The predicted molar refractivity (Wildman–Crippen MR) is 144 cm³/mol. The van der Waals surface area contributed by atoms with Crippen LogP contribution in [0.5, 0.6) is 5.75 Å². The minimum Gasteiger partial charge on any atom is -0.489 e. The summed E-state index contributed by atoms with van der Waals surface area (Å²) < 4.78 is 9.41. The third-order valence-electron chi connectivity index (χ3n) is 6.14. The number of ether oxygens (including phenoxy) is 1. The molecule has 1 unspecified atom stereocenters. The van der Waals surface area contributed by atoms with Gasteiger partial charge >= 0.3 is 0 Å². The molecule has 36 heavy (non-hydrogen) atoms. The summed E-state index contributed by atoms with van der Waals surface area (Å²) in [6.45, 7) is 2.71. The second kappa shape index (κ2) is 10.2. The highest BCUT2D eigenvalue weighted by Crippen LogP contribution is 2.37. The van der Waals surface area contributed by atoms with Gasteiger partial charge < -0.3 is 20.1 Å². The summed E-state index contributed by atoms with van der Waals surface area (Å²) in [5.74, 6) is 1.24. The van der Waals surface area contributed by atoms with E-state index in [1.807, 2.05) is 70.2 Å². The number of hydrogen-bond donors (Lipinski definition) is 2. The van der Waals surface area contributed by atoms with E-state index in [1.54, 1.807) is 22.3 Å². The Balaban J connectivity index is 1.59. The standard InChI is InChI=1S/C26H29N7O2S/c1-16(19(13-34)11-32(2)3)35-23-8-17(18-10-30-33(4)12-18)7-22-25(23)26(28-14-27-22)31-20-5-6-21-24(9-20)36-15-29-21/h5-10,12,14-16,19,34H,11,13H2,1-4H3,(H,27,28,31)/t16-,19?/m1/s1. The highest BCUT2D eigenvalue weighted by Gasteiger charge is 2.22. The molecule has 186 valence electrons. The number of aliphatic hydroxyl groups excluding tert-OH is 1. The van der Waals surface area contributed by atoms with E-state index in [1.165, 1.54) is 0 Å². The van der Waals surface area contributed by atoms with E-state index in [9.17, 15) is 5.11 Å².